The van der Waals surface area contributed by atoms with Crippen molar-refractivity contribution in [2.75, 3.05) is 23.7 Å². The molecule has 1 fully saturated rings. The van der Waals surface area contributed by atoms with Crippen LogP contribution < -0.4 is 9.62 Å². The number of sulfonamides is 1. The third kappa shape index (κ3) is 7.45. The van der Waals surface area contributed by atoms with Crippen LogP contribution in [0, 0.1) is 0 Å². The van der Waals surface area contributed by atoms with Gasteiger partial charge in [0, 0.05) is 12.6 Å². The molecule has 0 unspecified atom stereocenters. The molecule has 2 amide bonds. The highest BCUT2D eigenvalue weighted by Gasteiger charge is 2.33. The number of para-hydroxylation sites is 1. The van der Waals surface area contributed by atoms with Gasteiger partial charge in [-0.25, -0.2) is 8.42 Å². The number of hydrogen-bond acceptors (Lipinski definition) is 4. The van der Waals surface area contributed by atoms with Crippen molar-refractivity contribution in [3.05, 3.63) is 65.2 Å². The fraction of sp³-hybridized carbons (Fsp3) is 0.462. The molecule has 0 aromatic heterocycles. The molecule has 0 bridgehead atoms. The lowest BCUT2D eigenvalue weighted by molar-refractivity contribution is -0.139. The van der Waals surface area contributed by atoms with E-state index in [-0.39, 0.29) is 22.7 Å². The summed E-state index contributed by atoms with van der Waals surface area (Å²) in [7, 11) is -3.81. The predicted molar refractivity (Wildman–Crippen MR) is 140 cm³/mol. The molecule has 1 aliphatic carbocycles. The smallest absolute Gasteiger partial charge is 0.244 e. The maximum absolute atomic E-state index is 13.6. The van der Waals surface area contributed by atoms with Gasteiger partial charge >= 0.3 is 0 Å². The van der Waals surface area contributed by atoms with E-state index >= 15 is 0 Å². The minimum atomic E-state index is -3.81. The molecule has 0 aliphatic heterocycles. The second kappa shape index (κ2) is 12.4. The van der Waals surface area contributed by atoms with Crippen molar-refractivity contribution >= 4 is 39.1 Å². The van der Waals surface area contributed by atoms with Gasteiger partial charge in [0.05, 0.1) is 17.0 Å². The van der Waals surface area contributed by atoms with E-state index in [0.717, 1.165) is 41.8 Å². The zero-order valence-corrected chi connectivity index (χ0v) is 21.9. The molecule has 0 heterocycles. The average Bonchev–Trinajstić information content (AvgIpc) is 3.33. The zero-order valence-electron chi connectivity index (χ0n) is 20.3. The Labute approximate surface area is 213 Å². The first kappa shape index (κ1) is 27.0. The van der Waals surface area contributed by atoms with Crippen molar-refractivity contribution in [2.24, 2.45) is 0 Å². The van der Waals surface area contributed by atoms with Crippen molar-refractivity contribution in [3.8, 4) is 0 Å². The van der Waals surface area contributed by atoms with Crippen LogP contribution in [-0.4, -0.2) is 56.6 Å². The summed E-state index contributed by atoms with van der Waals surface area (Å²) in [5.41, 5.74) is 1.26. The third-order valence-electron chi connectivity index (χ3n) is 6.37. The number of nitrogens with one attached hydrogen (secondary N) is 1. The molecule has 2 aromatic carbocycles. The first-order valence-electron chi connectivity index (χ1n) is 12.1. The minimum absolute atomic E-state index is 0.123. The van der Waals surface area contributed by atoms with Gasteiger partial charge in [-0.2, -0.15) is 0 Å². The Bertz CT molecular complexity index is 1100. The predicted octanol–water partition coefficient (Wildman–Crippen LogP) is 4.01. The van der Waals surface area contributed by atoms with Crippen LogP contribution in [-0.2, 0) is 26.0 Å². The quantitative estimate of drug-likeness (QED) is 0.486. The fourth-order valence-electron chi connectivity index (χ4n) is 4.51. The Morgan fingerprint density at radius 1 is 1.06 bits per heavy atom. The van der Waals surface area contributed by atoms with Gasteiger partial charge in [-0.1, -0.05) is 73.8 Å². The number of carbonyl (C=O) groups is 2. The number of hydrogen-bond donors (Lipinski definition) is 1. The molecule has 1 atom stereocenters. The molecule has 7 nitrogen and oxygen atoms in total. The summed E-state index contributed by atoms with van der Waals surface area (Å²) in [6.07, 6.45) is 6.05. The lowest BCUT2D eigenvalue weighted by atomic mass is 10.1. The second-order valence-corrected chi connectivity index (χ2v) is 11.3. The molecule has 0 saturated heterocycles. The fourth-order valence-corrected chi connectivity index (χ4v) is 5.66. The standard InChI is InChI=1S/C26H34ClN3O4S/c1-3-23(26(32)28-21-13-7-8-14-21)29(18-17-20-11-5-4-6-12-20)25(31)19-30(35(2,33)34)24-16-10-9-15-22(24)27/h4-6,9-12,15-16,21,23H,3,7-8,13-14,17-19H2,1-2H3,(H,28,32)/t23-/m0/s1. The summed E-state index contributed by atoms with van der Waals surface area (Å²) >= 11 is 6.27. The van der Waals surface area contributed by atoms with Gasteiger partial charge in [0.25, 0.3) is 0 Å². The van der Waals surface area contributed by atoms with E-state index in [1.807, 2.05) is 37.3 Å². The van der Waals surface area contributed by atoms with Gasteiger partial charge in [0.1, 0.15) is 12.6 Å². The second-order valence-electron chi connectivity index (χ2n) is 8.96. The lowest BCUT2D eigenvalue weighted by Crippen LogP contribution is -2.54. The zero-order chi connectivity index (χ0) is 25.4. The van der Waals surface area contributed by atoms with Gasteiger partial charge in [0.15, 0.2) is 0 Å². The van der Waals surface area contributed by atoms with E-state index < -0.39 is 28.5 Å². The summed E-state index contributed by atoms with van der Waals surface area (Å²) in [4.78, 5) is 28.4. The van der Waals surface area contributed by atoms with E-state index in [9.17, 15) is 18.0 Å². The Hall–Kier alpha value is -2.58. The lowest BCUT2D eigenvalue weighted by Gasteiger charge is -2.33. The van der Waals surface area contributed by atoms with Crippen molar-refractivity contribution in [3.63, 3.8) is 0 Å². The van der Waals surface area contributed by atoms with Crippen molar-refractivity contribution in [1.82, 2.24) is 10.2 Å². The molecule has 3 rings (SSSR count). The summed E-state index contributed by atoms with van der Waals surface area (Å²) in [6.45, 7) is 1.72. The van der Waals surface area contributed by atoms with E-state index in [1.165, 1.54) is 4.90 Å². The largest absolute Gasteiger partial charge is 0.352 e. The van der Waals surface area contributed by atoms with Crippen LogP contribution in [0.5, 0.6) is 0 Å². The van der Waals surface area contributed by atoms with Crippen LogP contribution in [0.25, 0.3) is 0 Å². The molecule has 0 spiro atoms. The van der Waals surface area contributed by atoms with Crippen LogP contribution in [0.2, 0.25) is 5.02 Å². The molecule has 1 saturated carbocycles. The summed E-state index contributed by atoms with van der Waals surface area (Å²) in [5, 5.41) is 3.33. The third-order valence-corrected chi connectivity index (χ3v) is 7.82. The Kier molecular flexibility index (Phi) is 9.57. The molecule has 190 valence electrons. The number of benzene rings is 2. The van der Waals surface area contributed by atoms with Gasteiger partial charge in [-0.3, -0.25) is 13.9 Å². The maximum Gasteiger partial charge on any atom is 0.244 e. The molecule has 9 heteroatoms. The monoisotopic (exact) mass is 519 g/mol. The molecule has 1 N–H and O–H groups in total. The van der Waals surface area contributed by atoms with Crippen LogP contribution in [0.3, 0.4) is 0 Å². The van der Waals surface area contributed by atoms with Gasteiger partial charge in [-0.05, 0) is 43.4 Å². The molecule has 0 radical (unpaired) electrons. The maximum atomic E-state index is 13.6. The Morgan fingerprint density at radius 2 is 1.69 bits per heavy atom. The average molecular weight is 520 g/mol. The van der Waals surface area contributed by atoms with Gasteiger partial charge in [0.2, 0.25) is 21.8 Å². The molecule has 35 heavy (non-hydrogen) atoms. The van der Waals surface area contributed by atoms with Crippen molar-refractivity contribution in [1.29, 1.82) is 0 Å². The highest BCUT2D eigenvalue weighted by molar-refractivity contribution is 7.92. The number of carbonyl (C=O) groups excluding carboxylic acids is 2. The van der Waals surface area contributed by atoms with Gasteiger partial charge in [-0.15, -0.1) is 0 Å². The highest BCUT2D eigenvalue weighted by atomic mass is 35.5. The first-order valence-corrected chi connectivity index (χ1v) is 14.3. The van der Waals surface area contributed by atoms with Crippen LogP contribution in [0.4, 0.5) is 5.69 Å². The highest BCUT2D eigenvalue weighted by Crippen LogP contribution is 2.27. The number of anilines is 1. The van der Waals surface area contributed by atoms with E-state index in [4.69, 9.17) is 11.6 Å². The Balaban J connectivity index is 1.87. The molecular formula is C26H34ClN3O4S. The van der Waals surface area contributed by atoms with Gasteiger partial charge < -0.3 is 10.2 Å². The van der Waals surface area contributed by atoms with Crippen molar-refractivity contribution in [2.45, 2.75) is 57.5 Å². The van der Waals surface area contributed by atoms with Crippen molar-refractivity contribution < 1.29 is 18.0 Å². The van der Waals surface area contributed by atoms with Crippen LogP contribution >= 0.6 is 11.6 Å². The SMILES string of the molecule is CC[C@@H](C(=O)NC1CCCC1)N(CCc1ccccc1)C(=O)CN(c1ccccc1Cl)S(C)(=O)=O. The van der Waals surface area contributed by atoms with Crippen LogP contribution in [0.1, 0.15) is 44.6 Å². The van der Waals surface area contributed by atoms with E-state index in [1.54, 1.807) is 24.3 Å². The summed E-state index contributed by atoms with van der Waals surface area (Å²) in [6, 6.07) is 15.6. The number of amides is 2. The number of halogens is 1. The molecule has 1 aliphatic rings. The van der Waals surface area contributed by atoms with E-state index in [0.29, 0.717) is 19.4 Å². The van der Waals surface area contributed by atoms with Crippen LogP contribution in [0.15, 0.2) is 54.6 Å². The number of nitrogens with zero attached hydrogens (tertiary/aromatic N) is 2. The first-order chi connectivity index (χ1) is 16.7. The minimum Gasteiger partial charge on any atom is -0.352 e. The molecule has 2 aromatic rings. The number of rotatable bonds is 11. The topological polar surface area (TPSA) is 86.8 Å². The normalized spacial score (nSPS) is 14.9. The summed E-state index contributed by atoms with van der Waals surface area (Å²) in [5.74, 6) is -0.635. The molecular weight excluding hydrogens is 486 g/mol. The Morgan fingerprint density at radius 3 is 2.29 bits per heavy atom. The van der Waals surface area contributed by atoms with E-state index in [2.05, 4.69) is 5.32 Å². The summed E-state index contributed by atoms with van der Waals surface area (Å²) < 4.78 is 26.3.